The van der Waals surface area contributed by atoms with E-state index in [1.165, 1.54) is 19.4 Å². The van der Waals surface area contributed by atoms with Gasteiger partial charge in [0.1, 0.15) is 17.3 Å². The van der Waals surface area contributed by atoms with Crippen molar-refractivity contribution in [3.05, 3.63) is 36.7 Å². The summed E-state index contributed by atoms with van der Waals surface area (Å²) in [5, 5.41) is 4.12. The molecule has 0 radical (unpaired) electrons. The second kappa shape index (κ2) is 7.09. The third kappa shape index (κ3) is 3.12. The Balaban J connectivity index is 1.46. The van der Waals surface area contributed by atoms with Crippen molar-refractivity contribution >= 4 is 22.8 Å². The minimum absolute atomic E-state index is 0.0124. The fourth-order valence-electron chi connectivity index (χ4n) is 5.06. The smallest absolute Gasteiger partial charge is 0.311 e. The summed E-state index contributed by atoms with van der Waals surface area (Å²) in [5.41, 5.74) is 1.94. The minimum atomic E-state index is -0.403. The number of H-pyrrole nitrogens is 1. The highest BCUT2D eigenvalue weighted by Crippen LogP contribution is 2.46. The Labute approximate surface area is 167 Å². The van der Waals surface area contributed by atoms with E-state index in [9.17, 15) is 9.18 Å². The average Bonchev–Trinajstić information content (AvgIpc) is 3.17. The molecular weight excluding hydrogens is 373 g/mol. The van der Waals surface area contributed by atoms with Gasteiger partial charge in [-0.3, -0.25) is 9.78 Å². The predicted octanol–water partition coefficient (Wildman–Crippen LogP) is 3.55. The summed E-state index contributed by atoms with van der Waals surface area (Å²) >= 11 is 0. The maximum atomic E-state index is 13.7. The van der Waals surface area contributed by atoms with Crippen LogP contribution in [0.15, 0.2) is 30.9 Å². The lowest BCUT2D eigenvalue weighted by Crippen LogP contribution is -2.51. The van der Waals surface area contributed by atoms with Gasteiger partial charge in [0.15, 0.2) is 0 Å². The fourth-order valence-corrected chi connectivity index (χ4v) is 5.06. The number of halogens is 1. The van der Waals surface area contributed by atoms with Gasteiger partial charge in [-0.1, -0.05) is 0 Å². The van der Waals surface area contributed by atoms with Gasteiger partial charge in [-0.05, 0) is 43.6 Å². The van der Waals surface area contributed by atoms with Crippen LogP contribution in [0.5, 0.6) is 0 Å². The molecule has 3 heterocycles. The van der Waals surface area contributed by atoms with Gasteiger partial charge in [-0.15, -0.1) is 0 Å². The van der Waals surface area contributed by atoms with Crippen molar-refractivity contribution in [1.29, 1.82) is 0 Å². The van der Waals surface area contributed by atoms with Crippen LogP contribution in [0.25, 0.3) is 22.3 Å². The summed E-state index contributed by atoms with van der Waals surface area (Å²) in [6, 6.07) is 1.42. The lowest BCUT2D eigenvalue weighted by Gasteiger charge is -2.47. The van der Waals surface area contributed by atoms with Gasteiger partial charge in [-0.2, -0.15) is 0 Å². The molecule has 0 amide bonds. The van der Waals surface area contributed by atoms with Gasteiger partial charge in [0.2, 0.25) is 0 Å². The number of carbonyl (C=O) groups excluding carboxylic acids is 1. The van der Waals surface area contributed by atoms with Crippen molar-refractivity contribution in [2.45, 2.75) is 31.7 Å². The molecule has 0 aromatic carbocycles. The van der Waals surface area contributed by atoms with Gasteiger partial charge < -0.3 is 15.0 Å². The molecule has 2 N–H and O–H groups in total. The van der Waals surface area contributed by atoms with Crippen molar-refractivity contribution in [3.63, 3.8) is 0 Å². The van der Waals surface area contributed by atoms with Crippen LogP contribution >= 0.6 is 0 Å². The highest BCUT2D eigenvalue weighted by molar-refractivity contribution is 5.92. The van der Waals surface area contributed by atoms with Gasteiger partial charge in [0, 0.05) is 23.2 Å². The van der Waals surface area contributed by atoms with E-state index in [0.717, 1.165) is 31.2 Å². The van der Waals surface area contributed by atoms with E-state index in [-0.39, 0.29) is 17.9 Å². The van der Waals surface area contributed by atoms with Crippen LogP contribution < -0.4 is 5.32 Å². The molecule has 3 aromatic heterocycles. The first-order valence-electron chi connectivity index (χ1n) is 9.93. The maximum absolute atomic E-state index is 13.7. The zero-order valence-corrected chi connectivity index (χ0v) is 16.1. The standard InChI is InChI=1S/C21H22FN5O2/c1-29-21(28)18-11-2-4-12(5-3-11)19(18)27-17-10-23-9-16(26-17)15-8-25-20-14(15)6-13(22)7-24-20/h6-12,18-19H,2-5H2,1H3,(H,24,25)(H,26,27)/t11?,12?,18-,19-/m1/s1. The van der Waals surface area contributed by atoms with Gasteiger partial charge in [-0.25, -0.2) is 14.4 Å². The quantitative estimate of drug-likeness (QED) is 0.657. The highest BCUT2D eigenvalue weighted by Gasteiger charge is 2.47. The zero-order valence-electron chi connectivity index (χ0n) is 16.1. The van der Waals surface area contributed by atoms with Crippen molar-refractivity contribution in [1.82, 2.24) is 19.9 Å². The number of hydrogen-bond donors (Lipinski definition) is 2. The van der Waals surface area contributed by atoms with Gasteiger partial charge in [0.05, 0.1) is 37.3 Å². The van der Waals surface area contributed by atoms with E-state index >= 15 is 0 Å². The van der Waals surface area contributed by atoms with Crippen molar-refractivity contribution in [3.8, 4) is 11.3 Å². The van der Waals surface area contributed by atoms with Crippen LogP contribution in [0.1, 0.15) is 25.7 Å². The molecular formula is C21H22FN5O2. The van der Waals surface area contributed by atoms with Crippen molar-refractivity contribution in [2.75, 3.05) is 12.4 Å². The summed E-state index contributed by atoms with van der Waals surface area (Å²) in [6.45, 7) is 0. The van der Waals surface area contributed by atoms with E-state index in [1.54, 1.807) is 18.6 Å². The minimum Gasteiger partial charge on any atom is -0.469 e. The first kappa shape index (κ1) is 18.0. The molecule has 7 nitrogen and oxygen atoms in total. The van der Waals surface area contributed by atoms with Crippen LogP contribution in [0, 0.1) is 23.6 Å². The van der Waals surface area contributed by atoms with Crippen LogP contribution in [0.3, 0.4) is 0 Å². The Morgan fingerprint density at radius 3 is 2.79 bits per heavy atom. The number of nitrogens with zero attached hydrogens (tertiary/aromatic N) is 3. The number of nitrogens with one attached hydrogen (secondary N) is 2. The summed E-state index contributed by atoms with van der Waals surface area (Å²) in [6.07, 6.45) is 10.6. The molecule has 2 bridgehead atoms. The van der Waals surface area contributed by atoms with E-state index < -0.39 is 5.82 Å². The molecule has 3 aromatic rings. The lowest BCUT2D eigenvalue weighted by atomic mass is 9.61. The Morgan fingerprint density at radius 1 is 1.21 bits per heavy atom. The number of methoxy groups -OCH3 is 1. The van der Waals surface area contributed by atoms with Crippen LogP contribution in [0.2, 0.25) is 0 Å². The third-order valence-corrected chi connectivity index (χ3v) is 6.42. The molecule has 3 fully saturated rings. The molecule has 3 saturated carbocycles. The zero-order chi connectivity index (χ0) is 20.0. The van der Waals surface area contributed by atoms with Crippen molar-refractivity contribution in [2.24, 2.45) is 17.8 Å². The monoisotopic (exact) mass is 395 g/mol. The molecule has 3 aliphatic carbocycles. The average molecular weight is 395 g/mol. The first-order valence-corrected chi connectivity index (χ1v) is 9.93. The van der Waals surface area contributed by atoms with Gasteiger partial charge >= 0.3 is 5.97 Å². The fraction of sp³-hybridized carbons (Fsp3) is 0.429. The SMILES string of the molecule is COC(=O)[C@@H]1C2CCC(CC2)[C@H]1Nc1cncc(-c2c[nH]c3ncc(F)cc23)n1. The number of esters is 1. The first-order chi connectivity index (χ1) is 14.1. The second-order valence-corrected chi connectivity index (χ2v) is 7.94. The molecule has 0 spiro atoms. The summed E-state index contributed by atoms with van der Waals surface area (Å²) in [5.74, 6) is 0.653. The Morgan fingerprint density at radius 2 is 2.00 bits per heavy atom. The molecule has 0 aliphatic heterocycles. The summed E-state index contributed by atoms with van der Waals surface area (Å²) < 4.78 is 18.8. The molecule has 6 rings (SSSR count). The highest BCUT2D eigenvalue weighted by atomic mass is 19.1. The van der Waals surface area contributed by atoms with E-state index in [4.69, 9.17) is 9.72 Å². The molecule has 2 atom stereocenters. The largest absolute Gasteiger partial charge is 0.469 e. The summed E-state index contributed by atoms with van der Waals surface area (Å²) in [4.78, 5) is 28.6. The number of fused-ring (bicyclic) bond motifs is 4. The summed E-state index contributed by atoms with van der Waals surface area (Å²) in [7, 11) is 1.45. The van der Waals surface area contributed by atoms with Crippen molar-refractivity contribution < 1.29 is 13.9 Å². The number of anilines is 1. The number of rotatable bonds is 4. The number of pyridine rings is 1. The predicted molar refractivity (Wildman–Crippen MR) is 105 cm³/mol. The third-order valence-electron chi connectivity index (χ3n) is 6.42. The second-order valence-electron chi connectivity index (χ2n) is 7.94. The Bertz CT molecular complexity index is 1060. The maximum Gasteiger partial charge on any atom is 0.311 e. The number of aromatic amines is 1. The molecule has 8 heteroatoms. The molecule has 0 saturated heterocycles. The Hall–Kier alpha value is -3.03. The molecule has 150 valence electrons. The van der Waals surface area contributed by atoms with E-state index in [1.807, 2.05) is 0 Å². The number of carbonyl (C=O) groups is 1. The number of hydrogen-bond acceptors (Lipinski definition) is 6. The number of ether oxygens (including phenoxy) is 1. The van der Waals surface area contributed by atoms with Crippen LogP contribution in [0.4, 0.5) is 10.2 Å². The Kier molecular flexibility index (Phi) is 4.41. The molecule has 3 aliphatic rings. The van der Waals surface area contributed by atoms with Crippen LogP contribution in [-0.4, -0.2) is 39.1 Å². The molecule has 0 unspecified atom stereocenters. The lowest BCUT2D eigenvalue weighted by molar-refractivity contribution is -0.152. The number of aromatic nitrogens is 4. The van der Waals surface area contributed by atoms with E-state index in [0.29, 0.717) is 34.4 Å². The van der Waals surface area contributed by atoms with Crippen LogP contribution in [-0.2, 0) is 9.53 Å². The molecule has 29 heavy (non-hydrogen) atoms. The van der Waals surface area contributed by atoms with E-state index in [2.05, 4.69) is 20.3 Å². The topological polar surface area (TPSA) is 92.8 Å². The van der Waals surface area contributed by atoms with Gasteiger partial charge in [0.25, 0.3) is 0 Å². The normalized spacial score (nSPS) is 25.9.